The van der Waals surface area contributed by atoms with E-state index in [1.165, 1.54) is 16.8 Å². The summed E-state index contributed by atoms with van der Waals surface area (Å²) in [6, 6.07) is 20.9. The van der Waals surface area contributed by atoms with Crippen molar-refractivity contribution in [2.75, 3.05) is 0 Å². The van der Waals surface area contributed by atoms with Crippen LogP contribution in [0.25, 0.3) is 5.76 Å². The third-order valence-electron chi connectivity index (χ3n) is 6.40. The molecule has 34 heavy (non-hydrogen) atoms. The van der Waals surface area contributed by atoms with E-state index in [-0.39, 0.29) is 11.5 Å². The Morgan fingerprint density at radius 1 is 0.971 bits per heavy atom. The van der Waals surface area contributed by atoms with E-state index in [1.54, 1.807) is 0 Å². The van der Waals surface area contributed by atoms with Crippen molar-refractivity contribution in [3.63, 3.8) is 0 Å². The summed E-state index contributed by atoms with van der Waals surface area (Å²) in [5.41, 5.74) is 5.74. The predicted molar refractivity (Wildman–Crippen MR) is 135 cm³/mol. The van der Waals surface area contributed by atoms with Crippen LogP contribution in [0, 0.1) is 6.92 Å². The zero-order valence-corrected chi connectivity index (χ0v) is 20.4. The van der Waals surface area contributed by atoms with Gasteiger partial charge in [0.05, 0.1) is 11.7 Å². The van der Waals surface area contributed by atoms with E-state index in [0.29, 0.717) is 6.61 Å². The Morgan fingerprint density at radius 3 is 2.29 bits per heavy atom. The van der Waals surface area contributed by atoms with Gasteiger partial charge < -0.3 is 9.30 Å². The van der Waals surface area contributed by atoms with Crippen LogP contribution in [0.2, 0.25) is 0 Å². The number of hydrogen-bond donors (Lipinski definition) is 0. The van der Waals surface area contributed by atoms with Crippen molar-refractivity contribution in [2.24, 2.45) is 0 Å². The fraction of sp³-hybridized carbons (Fsp3) is 0.310. The molecule has 2 aromatic carbocycles. The molecule has 1 aliphatic carbocycles. The molecule has 0 spiro atoms. The first kappa shape index (κ1) is 22.2. The van der Waals surface area contributed by atoms with Crippen molar-refractivity contribution in [1.29, 1.82) is 0 Å². The maximum Gasteiger partial charge on any atom is 0.143 e. The van der Waals surface area contributed by atoms with E-state index >= 15 is 0 Å². The van der Waals surface area contributed by atoms with Gasteiger partial charge in [-0.25, -0.2) is 4.98 Å². The number of benzene rings is 2. The van der Waals surface area contributed by atoms with Crippen molar-refractivity contribution in [3.05, 3.63) is 113 Å². The van der Waals surface area contributed by atoms with Crippen LogP contribution >= 0.6 is 0 Å². The lowest BCUT2D eigenvalue weighted by Crippen LogP contribution is -2.22. The molecule has 0 radical (unpaired) electrons. The number of ether oxygens (including phenoxy) is 1. The van der Waals surface area contributed by atoms with E-state index in [2.05, 4.69) is 92.1 Å². The molecule has 174 valence electrons. The number of aromatic nitrogens is 4. The monoisotopic (exact) mass is 452 g/mol. The van der Waals surface area contributed by atoms with Gasteiger partial charge in [0.25, 0.3) is 0 Å². The summed E-state index contributed by atoms with van der Waals surface area (Å²) in [6.07, 6.45) is 7.27. The summed E-state index contributed by atoms with van der Waals surface area (Å²) < 4.78 is 10.8. The third kappa shape index (κ3) is 4.56. The summed E-state index contributed by atoms with van der Waals surface area (Å²) in [5.74, 6) is 2.04. The quantitative estimate of drug-likeness (QED) is 0.356. The first-order chi connectivity index (χ1) is 16.4. The Kier molecular flexibility index (Phi) is 5.86. The lowest BCUT2D eigenvalue weighted by molar-refractivity contribution is 0.260. The number of allylic oxidation sites excluding steroid dienone is 1. The number of imidazole rings is 1. The van der Waals surface area contributed by atoms with Crippen LogP contribution in [0.15, 0.2) is 79.1 Å². The second-order valence-electron chi connectivity index (χ2n) is 10.0. The van der Waals surface area contributed by atoms with Gasteiger partial charge in [0.2, 0.25) is 0 Å². The minimum atomic E-state index is -0.0555. The van der Waals surface area contributed by atoms with Gasteiger partial charge in [-0.1, -0.05) is 60.7 Å². The molecule has 0 fully saturated rings. The predicted octanol–water partition coefficient (Wildman–Crippen LogP) is 6.09. The summed E-state index contributed by atoms with van der Waals surface area (Å²) in [4.78, 5) is 4.96. The van der Waals surface area contributed by atoms with Crippen LogP contribution in [-0.4, -0.2) is 19.3 Å². The molecular formula is C29H32N4O. The number of hydrogen-bond acceptors (Lipinski definition) is 3. The van der Waals surface area contributed by atoms with E-state index in [9.17, 15) is 0 Å². The number of nitrogens with zero attached hydrogens (tertiary/aromatic N) is 4. The first-order valence-corrected chi connectivity index (χ1v) is 11.9. The molecule has 0 amide bonds. The number of fused-ring (bicyclic) bond motifs is 1. The van der Waals surface area contributed by atoms with E-state index in [1.807, 2.05) is 29.1 Å². The molecule has 1 atom stereocenters. The van der Waals surface area contributed by atoms with Gasteiger partial charge in [0.1, 0.15) is 23.9 Å². The lowest BCUT2D eigenvalue weighted by atomic mass is 9.90. The maximum absolute atomic E-state index is 6.40. The smallest absolute Gasteiger partial charge is 0.143 e. The highest BCUT2D eigenvalue weighted by Crippen LogP contribution is 2.36. The largest absolute Gasteiger partial charge is 0.487 e. The Labute approximate surface area is 201 Å². The summed E-state index contributed by atoms with van der Waals surface area (Å²) in [5, 5.41) is 4.66. The summed E-state index contributed by atoms with van der Waals surface area (Å²) >= 11 is 0. The molecule has 0 saturated carbocycles. The van der Waals surface area contributed by atoms with Gasteiger partial charge in [-0.15, -0.1) is 0 Å². The molecule has 5 rings (SSSR count). The van der Waals surface area contributed by atoms with Gasteiger partial charge in [0, 0.05) is 30.8 Å². The molecule has 5 heteroatoms. The number of rotatable bonds is 6. The summed E-state index contributed by atoms with van der Waals surface area (Å²) in [7, 11) is 0. The molecule has 0 saturated heterocycles. The van der Waals surface area contributed by atoms with Gasteiger partial charge in [-0.05, 0) is 50.5 Å². The van der Waals surface area contributed by atoms with Gasteiger partial charge in [0.15, 0.2) is 0 Å². The third-order valence-corrected chi connectivity index (χ3v) is 6.40. The fourth-order valence-corrected chi connectivity index (χ4v) is 4.48. The average molecular weight is 453 g/mol. The molecule has 1 unspecified atom stereocenters. The van der Waals surface area contributed by atoms with Gasteiger partial charge >= 0.3 is 0 Å². The standard InChI is InChI=1S/C29H32N4O/c1-21-31-28-26(32(21)18-22-11-7-5-8-12-22)15-24(25-17-30-33(19-25)29(2,3)4)16-27(28)34-20-23-13-9-6-10-14-23/h5-14,16-17,19,24H,15,18,20H2,1-4H3. The average Bonchev–Trinajstić information content (AvgIpc) is 3.45. The zero-order valence-electron chi connectivity index (χ0n) is 20.4. The summed E-state index contributed by atoms with van der Waals surface area (Å²) in [6.45, 7) is 9.92. The van der Waals surface area contributed by atoms with Crippen molar-refractivity contribution >= 4 is 5.76 Å². The molecular weight excluding hydrogens is 420 g/mol. The highest BCUT2D eigenvalue weighted by Gasteiger charge is 2.29. The van der Waals surface area contributed by atoms with Crippen molar-refractivity contribution < 1.29 is 4.74 Å². The molecule has 1 aliphatic rings. The van der Waals surface area contributed by atoms with Crippen LogP contribution in [0.4, 0.5) is 0 Å². The SMILES string of the molecule is Cc1nc2c(n1Cc1ccccc1)CC(c1cnn(C(C)(C)C)c1)C=C2OCc1ccccc1. The second-order valence-corrected chi connectivity index (χ2v) is 10.0. The minimum absolute atomic E-state index is 0.0555. The maximum atomic E-state index is 6.40. The zero-order chi connectivity index (χ0) is 23.7. The molecule has 2 heterocycles. The van der Waals surface area contributed by atoms with Crippen LogP contribution in [0.5, 0.6) is 0 Å². The van der Waals surface area contributed by atoms with E-state index in [0.717, 1.165) is 35.8 Å². The van der Waals surface area contributed by atoms with Crippen LogP contribution < -0.4 is 0 Å². The molecule has 0 bridgehead atoms. The van der Waals surface area contributed by atoms with Crippen molar-refractivity contribution in [1.82, 2.24) is 19.3 Å². The van der Waals surface area contributed by atoms with Crippen LogP contribution in [-0.2, 0) is 29.8 Å². The van der Waals surface area contributed by atoms with Crippen molar-refractivity contribution in [2.45, 2.75) is 58.7 Å². The Morgan fingerprint density at radius 2 is 1.65 bits per heavy atom. The highest BCUT2D eigenvalue weighted by molar-refractivity contribution is 5.63. The minimum Gasteiger partial charge on any atom is -0.487 e. The highest BCUT2D eigenvalue weighted by atomic mass is 16.5. The molecule has 4 aromatic rings. The van der Waals surface area contributed by atoms with Gasteiger partial charge in [-0.2, -0.15) is 5.10 Å². The number of aryl methyl sites for hydroxylation is 1. The van der Waals surface area contributed by atoms with Crippen LogP contribution in [0.1, 0.15) is 60.6 Å². The lowest BCUT2D eigenvalue weighted by Gasteiger charge is -2.23. The molecule has 2 aromatic heterocycles. The normalized spacial score (nSPS) is 15.6. The van der Waals surface area contributed by atoms with Crippen LogP contribution in [0.3, 0.4) is 0 Å². The second kappa shape index (κ2) is 8.98. The molecule has 0 aliphatic heterocycles. The van der Waals surface area contributed by atoms with Crippen molar-refractivity contribution in [3.8, 4) is 0 Å². The van der Waals surface area contributed by atoms with E-state index in [4.69, 9.17) is 9.72 Å². The Balaban J connectivity index is 1.51. The fourth-order valence-electron chi connectivity index (χ4n) is 4.48. The Hall–Kier alpha value is -3.60. The molecule has 5 nitrogen and oxygen atoms in total. The topological polar surface area (TPSA) is 44.9 Å². The Bertz CT molecular complexity index is 1290. The molecule has 0 N–H and O–H groups in total. The van der Waals surface area contributed by atoms with Gasteiger partial charge in [-0.3, -0.25) is 4.68 Å². The first-order valence-electron chi connectivity index (χ1n) is 11.9. The van der Waals surface area contributed by atoms with E-state index < -0.39 is 0 Å².